The number of carbonyl (C=O) groups excluding carboxylic acids is 1. The minimum atomic E-state index is -1.24. The highest BCUT2D eigenvalue weighted by Gasteiger charge is 2.15. The highest BCUT2D eigenvalue weighted by molar-refractivity contribution is 9.10. The summed E-state index contributed by atoms with van der Waals surface area (Å²) in [5.41, 5.74) is 0.346. The monoisotopic (exact) mass is 367 g/mol. The molecule has 0 aliphatic carbocycles. The number of aromatic carboxylic acids is 1. The number of hydrogen-bond acceptors (Lipinski definition) is 3. The molecule has 0 heterocycles. The van der Waals surface area contributed by atoms with E-state index < -0.39 is 17.9 Å². The molecule has 22 heavy (non-hydrogen) atoms. The summed E-state index contributed by atoms with van der Waals surface area (Å²) in [4.78, 5) is 22.6. The molecule has 0 aromatic heterocycles. The normalized spacial score (nSPS) is 10.1. The minimum absolute atomic E-state index is 0.0244. The first-order valence-corrected chi connectivity index (χ1v) is 6.96. The Morgan fingerprint density at radius 2 is 1.91 bits per heavy atom. The van der Waals surface area contributed by atoms with Crippen molar-refractivity contribution in [3.63, 3.8) is 0 Å². The number of benzene rings is 2. The van der Waals surface area contributed by atoms with Crippen LogP contribution >= 0.6 is 15.9 Å². The van der Waals surface area contributed by atoms with Crippen LogP contribution in [0, 0.1) is 5.82 Å². The smallest absolute Gasteiger partial charge is 0.412 e. The number of ether oxygens (including phenoxy) is 1. The molecule has 0 bridgehead atoms. The van der Waals surface area contributed by atoms with Crippen LogP contribution in [0.1, 0.15) is 15.9 Å². The van der Waals surface area contributed by atoms with Crippen molar-refractivity contribution in [2.75, 3.05) is 5.32 Å². The average Bonchev–Trinajstić information content (AvgIpc) is 2.48. The van der Waals surface area contributed by atoms with Gasteiger partial charge in [-0.25, -0.2) is 14.0 Å². The lowest BCUT2D eigenvalue weighted by Crippen LogP contribution is -2.15. The van der Waals surface area contributed by atoms with Crippen molar-refractivity contribution in [3.05, 3.63) is 63.9 Å². The van der Waals surface area contributed by atoms with Crippen LogP contribution in [0.3, 0.4) is 0 Å². The third-order valence-electron chi connectivity index (χ3n) is 2.74. The molecule has 2 N–H and O–H groups in total. The van der Waals surface area contributed by atoms with Crippen molar-refractivity contribution >= 4 is 33.7 Å². The molecule has 0 saturated carbocycles. The van der Waals surface area contributed by atoms with Crippen LogP contribution in [0.4, 0.5) is 14.9 Å². The molecule has 0 spiro atoms. The number of nitrogens with one attached hydrogen (secondary N) is 1. The Morgan fingerprint density at radius 3 is 2.55 bits per heavy atom. The van der Waals surface area contributed by atoms with Crippen molar-refractivity contribution in [1.29, 1.82) is 0 Å². The number of halogens is 2. The zero-order chi connectivity index (χ0) is 16.1. The van der Waals surface area contributed by atoms with E-state index in [0.29, 0.717) is 0 Å². The Bertz CT molecular complexity index is 706. The van der Waals surface area contributed by atoms with Crippen LogP contribution in [0.5, 0.6) is 0 Å². The van der Waals surface area contributed by atoms with E-state index in [1.165, 1.54) is 0 Å². The highest BCUT2D eigenvalue weighted by Crippen LogP contribution is 2.25. The van der Waals surface area contributed by atoms with E-state index in [0.717, 1.165) is 17.7 Å². The third kappa shape index (κ3) is 4.05. The standard InChI is InChI=1S/C15H11BrFNO4/c16-11-7-12(17)13(6-10(11)14(19)20)18-15(21)22-8-9-4-2-1-3-5-9/h1-7H,8H2,(H,18,21)(H,19,20). The number of amides is 1. The summed E-state index contributed by atoms with van der Waals surface area (Å²) in [7, 11) is 0. The maximum atomic E-state index is 13.7. The van der Waals surface area contributed by atoms with Gasteiger partial charge in [-0.3, -0.25) is 5.32 Å². The average molecular weight is 368 g/mol. The van der Waals surface area contributed by atoms with Crippen LogP contribution < -0.4 is 5.32 Å². The van der Waals surface area contributed by atoms with Gasteiger partial charge in [0, 0.05) is 4.47 Å². The van der Waals surface area contributed by atoms with E-state index in [-0.39, 0.29) is 22.3 Å². The summed E-state index contributed by atoms with van der Waals surface area (Å²) >= 11 is 2.94. The van der Waals surface area contributed by atoms with Gasteiger partial charge < -0.3 is 9.84 Å². The first-order chi connectivity index (χ1) is 10.5. The Labute approximate surface area is 133 Å². The molecule has 0 atom stereocenters. The molecule has 2 aromatic carbocycles. The maximum Gasteiger partial charge on any atom is 0.412 e. The molecule has 0 fully saturated rings. The summed E-state index contributed by atoms with van der Waals surface area (Å²) in [5.74, 6) is -2.01. The van der Waals surface area contributed by atoms with Gasteiger partial charge in [-0.05, 0) is 33.6 Å². The molecule has 0 radical (unpaired) electrons. The lowest BCUT2D eigenvalue weighted by molar-refractivity contribution is 0.0695. The Hall–Kier alpha value is -2.41. The van der Waals surface area contributed by atoms with Gasteiger partial charge in [-0.2, -0.15) is 0 Å². The molecule has 0 aliphatic heterocycles. The summed E-state index contributed by atoms with van der Waals surface area (Å²) < 4.78 is 18.7. The molecule has 114 valence electrons. The van der Waals surface area contributed by atoms with Gasteiger partial charge >= 0.3 is 12.1 Å². The Balaban J connectivity index is 2.05. The largest absolute Gasteiger partial charge is 0.478 e. The summed E-state index contributed by atoms with van der Waals surface area (Å²) in [6.07, 6.45) is -0.874. The minimum Gasteiger partial charge on any atom is -0.478 e. The topological polar surface area (TPSA) is 75.6 Å². The van der Waals surface area contributed by atoms with Crippen LogP contribution in [-0.4, -0.2) is 17.2 Å². The summed E-state index contributed by atoms with van der Waals surface area (Å²) in [5, 5.41) is 11.2. The fourth-order valence-corrected chi connectivity index (χ4v) is 2.16. The molecule has 0 unspecified atom stereocenters. The number of anilines is 1. The predicted octanol–water partition coefficient (Wildman–Crippen LogP) is 4.04. The first kappa shape index (κ1) is 16.0. The molecule has 7 heteroatoms. The van der Waals surface area contributed by atoms with E-state index in [4.69, 9.17) is 9.84 Å². The van der Waals surface area contributed by atoms with E-state index in [1.54, 1.807) is 24.3 Å². The van der Waals surface area contributed by atoms with Crippen LogP contribution in [0.2, 0.25) is 0 Å². The fourth-order valence-electron chi connectivity index (χ4n) is 1.68. The van der Waals surface area contributed by atoms with Crippen molar-refractivity contribution in [1.82, 2.24) is 0 Å². The second-order valence-electron chi connectivity index (χ2n) is 4.30. The lowest BCUT2D eigenvalue weighted by atomic mass is 10.2. The molecule has 0 aliphatic rings. The van der Waals surface area contributed by atoms with Gasteiger partial charge in [0.2, 0.25) is 0 Å². The van der Waals surface area contributed by atoms with Crippen LogP contribution in [-0.2, 0) is 11.3 Å². The van der Waals surface area contributed by atoms with Gasteiger partial charge in [0.05, 0.1) is 11.3 Å². The van der Waals surface area contributed by atoms with E-state index in [1.807, 2.05) is 6.07 Å². The predicted molar refractivity (Wildman–Crippen MR) is 81.3 cm³/mol. The van der Waals surface area contributed by atoms with Gasteiger partial charge in [0.1, 0.15) is 12.4 Å². The Morgan fingerprint density at radius 1 is 1.23 bits per heavy atom. The van der Waals surface area contributed by atoms with Gasteiger partial charge in [-0.15, -0.1) is 0 Å². The second-order valence-corrected chi connectivity index (χ2v) is 5.16. The number of carboxylic acids is 1. The van der Waals surface area contributed by atoms with Gasteiger partial charge in [0.25, 0.3) is 0 Å². The molecule has 2 rings (SSSR count). The number of hydrogen-bond donors (Lipinski definition) is 2. The molecular formula is C15H11BrFNO4. The molecule has 1 amide bonds. The molecule has 2 aromatic rings. The number of carbonyl (C=O) groups is 2. The lowest BCUT2D eigenvalue weighted by Gasteiger charge is -2.09. The summed E-state index contributed by atoms with van der Waals surface area (Å²) in [6.45, 7) is 0.0244. The molecular weight excluding hydrogens is 357 g/mol. The van der Waals surface area contributed by atoms with Crippen molar-refractivity contribution in [3.8, 4) is 0 Å². The van der Waals surface area contributed by atoms with Crippen molar-refractivity contribution < 1.29 is 23.8 Å². The fraction of sp³-hybridized carbons (Fsp3) is 0.0667. The number of carboxylic acid groups (broad SMARTS) is 1. The zero-order valence-electron chi connectivity index (χ0n) is 11.2. The highest BCUT2D eigenvalue weighted by atomic mass is 79.9. The summed E-state index contributed by atoms with van der Waals surface area (Å²) in [6, 6.07) is 11.0. The van der Waals surface area contributed by atoms with Crippen LogP contribution in [0.15, 0.2) is 46.9 Å². The second kappa shape index (κ2) is 7.04. The first-order valence-electron chi connectivity index (χ1n) is 6.17. The van der Waals surface area contributed by atoms with Crippen molar-refractivity contribution in [2.45, 2.75) is 6.61 Å². The molecule has 5 nitrogen and oxygen atoms in total. The Kier molecular flexibility index (Phi) is 5.11. The van der Waals surface area contributed by atoms with E-state index in [9.17, 15) is 14.0 Å². The quantitative estimate of drug-likeness (QED) is 0.854. The zero-order valence-corrected chi connectivity index (χ0v) is 12.8. The van der Waals surface area contributed by atoms with Crippen molar-refractivity contribution in [2.24, 2.45) is 0 Å². The number of rotatable bonds is 4. The van der Waals surface area contributed by atoms with Gasteiger partial charge in [0.15, 0.2) is 0 Å². The van der Waals surface area contributed by atoms with E-state index in [2.05, 4.69) is 21.2 Å². The van der Waals surface area contributed by atoms with Crippen LogP contribution in [0.25, 0.3) is 0 Å². The third-order valence-corrected chi connectivity index (χ3v) is 3.39. The molecule has 0 saturated heterocycles. The maximum absolute atomic E-state index is 13.7. The SMILES string of the molecule is O=C(Nc1cc(C(=O)O)c(Br)cc1F)OCc1ccccc1. The van der Waals surface area contributed by atoms with E-state index >= 15 is 0 Å². The van der Waals surface area contributed by atoms with Gasteiger partial charge in [-0.1, -0.05) is 30.3 Å².